The molecule has 1 saturated heterocycles. The minimum absolute atomic E-state index is 0.110. The van der Waals surface area contributed by atoms with Crippen molar-refractivity contribution in [2.75, 3.05) is 24.4 Å². The van der Waals surface area contributed by atoms with Crippen LogP contribution in [0.25, 0.3) is 5.57 Å². The highest BCUT2D eigenvalue weighted by molar-refractivity contribution is 6.18. The zero-order valence-corrected chi connectivity index (χ0v) is 25.1. The van der Waals surface area contributed by atoms with Crippen molar-refractivity contribution in [2.24, 2.45) is 11.3 Å². The van der Waals surface area contributed by atoms with Gasteiger partial charge in [0.15, 0.2) is 11.6 Å². The Morgan fingerprint density at radius 3 is 2.38 bits per heavy atom. The molecule has 0 bridgehead atoms. The van der Waals surface area contributed by atoms with E-state index in [4.69, 9.17) is 9.47 Å². The van der Waals surface area contributed by atoms with Crippen LogP contribution < -0.4 is 19.7 Å². The number of allylic oxidation sites excluding steroid dienone is 1. The molecule has 3 aromatic rings. The number of para-hydroxylation sites is 1. The van der Waals surface area contributed by atoms with Gasteiger partial charge in [-0.05, 0) is 61.4 Å². The summed E-state index contributed by atoms with van der Waals surface area (Å²) in [5.41, 5.74) is 3.39. The van der Waals surface area contributed by atoms with Crippen LogP contribution in [0.5, 0.6) is 11.5 Å². The van der Waals surface area contributed by atoms with Gasteiger partial charge in [0.1, 0.15) is 23.0 Å². The quantitative estimate of drug-likeness (QED) is 0.383. The molecule has 0 saturated carbocycles. The number of ether oxygens (including phenoxy) is 2. The number of aryl methyl sites for hydroxylation is 1. The Kier molecular flexibility index (Phi) is 6.33. The van der Waals surface area contributed by atoms with Crippen LogP contribution in [0.3, 0.4) is 0 Å². The molecular formula is C35H36N2O5. The summed E-state index contributed by atoms with van der Waals surface area (Å²) in [6.07, 6.45) is 2.07. The Morgan fingerprint density at radius 1 is 0.952 bits per heavy atom. The summed E-state index contributed by atoms with van der Waals surface area (Å²) >= 11 is 0. The van der Waals surface area contributed by atoms with Crippen LogP contribution in [0.1, 0.15) is 54.7 Å². The summed E-state index contributed by atoms with van der Waals surface area (Å²) in [6.45, 7) is 9.67. The third-order valence-electron chi connectivity index (χ3n) is 9.09. The van der Waals surface area contributed by atoms with Crippen molar-refractivity contribution in [2.45, 2.75) is 52.1 Å². The molecular weight excluding hydrogens is 528 g/mol. The smallest absolute Gasteiger partial charge is 0.238 e. The zero-order chi connectivity index (χ0) is 30.1. The van der Waals surface area contributed by atoms with Gasteiger partial charge in [0.25, 0.3) is 0 Å². The predicted molar refractivity (Wildman–Crippen MR) is 163 cm³/mol. The Morgan fingerprint density at radius 2 is 1.69 bits per heavy atom. The number of hydrogen-bond acceptors (Lipinski definition) is 6. The van der Waals surface area contributed by atoms with Crippen LogP contribution >= 0.6 is 0 Å². The average molecular weight is 565 g/mol. The Hall–Kier alpha value is -4.39. The number of methoxy groups -OCH3 is 2. The van der Waals surface area contributed by atoms with Crippen LogP contribution in [0.15, 0.2) is 66.7 Å². The van der Waals surface area contributed by atoms with Gasteiger partial charge in [-0.15, -0.1) is 0 Å². The average Bonchev–Trinajstić information content (AvgIpc) is 3.43. The number of fused-ring (bicyclic) bond motifs is 6. The van der Waals surface area contributed by atoms with E-state index in [-0.39, 0.29) is 23.0 Å². The molecule has 6 rings (SSSR count). The maximum atomic E-state index is 15.1. The number of nitrogens with one attached hydrogen (secondary N) is 1. The lowest BCUT2D eigenvalue weighted by Crippen LogP contribution is -2.51. The number of anilines is 2. The minimum atomic E-state index is -1.38. The van der Waals surface area contributed by atoms with Gasteiger partial charge in [0.05, 0.1) is 31.7 Å². The van der Waals surface area contributed by atoms with Gasteiger partial charge in [-0.2, -0.15) is 0 Å². The molecule has 0 unspecified atom stereocenters. The normalized spacial score (nSPS) is 24.0. The van der Waals surface area contributed by atoms with E-state index in [0.717, 1.165) is 22.4 Å². The van der Waals surface area contributed by atoms with Crippen LogP contribution in [-0.2, 0) is 15.0 Å². The van der Waals surface area contributed by atoms with Gasteiger partial charge in [-0.25, -0.2) is 0 Å². The van der Waals surface area contributed by atoms with Gasteiger partial charge < -0.3 is 19.7 Å². The number of benzene rings is 3. The molecule has 42 heavy (non-hydrogen) atoms. The highest BCUT2D eigenvalue weighted by Gasteiger charge is 2.71. The first-order chi connectivity index (χ1) is 19.9. The first-order valence-corrected chi connectivity index (χ1v) is 14.2. The number of carbonyl (C=O) groups excluding carboxylic acids is 3. The molecule has 4 atom stereocenters. The van der Waals surface area contributed by atoms with Crippen molar-refractivity contribution >= 4 is 34.4 Å². The lowest BCUT2D eigenvalue weighted by Gasteiger charge is -2.40. The van der Waals surface area contributed by atoms with Crippen molar-refractivity contribution in [1.29, 1.82) is 0 Å². The number of ketones is 2. The molecule has 3 aromatic carbocycles. The van der Waals surface area contributed by atoms with Gasteiger partial charge >= 0.3 is 0 Å². The number of nitrogens with zero attached hydrogens (tertiary/aromatic N) is 1. The van der Waals surface area contributed by atoms with Crippen LogP contribution in [0.4, 0.5) is 11.4 Å². The topological polar surface area (TPSA) is 84.9 Å². The molecule has 3 aliphatic rings. The van der Waals surface area contributed by atoms with Crippen molar-refractivity contribution in [1.82, 2.24) is 0 Å². The van der Waals surface area contributed by atoms with Gasteiger partial charge in [0.2, 0.25) is 5.91 Å². The first-order valence-electron chi connectivity index (χ1n) is 14.2. The van der Waals surface area contributed by atoms with E-state index in [0.29, 0.717) is 22.7 Å². The summed E-state index contributed by atoms with van der Waals surface area (Å²) in [4.78, 5) is 46.4. The summed E-state index contributed by atoms with van der Waals surface area (Å²) in [5.74, 6) is -0.957. The molecule has 3 heterocycles. The fraction of sp³-hybridized carbons (Fsp3) is 0.343. The first kappa shape index (κ1) is 27.8. The van der Waals surface area contributed by atoms with E-state index in [1.807, 2.05) is 75.9 Å². The van der Waals surface area contributed by atoms with E-state index in [1.54, 1.807) is 18.2 Å². The van der Waals surface area contributed by atoms with Gasteiger partial charge in [-0.3, -0.25) is 14.4 Å². The summed E-state index contributed by atoms with van der Waals surface area (Å²) in [6, 6.07) is 17.2. The number of rotatable bonds is 5. The molecule has 0 radical (unpaired) electrons. The second-order valence-corrected chi connectivity index (χ2v) is 12.6. The molecule has 1 amide bonds. The molecule has 1 N–H and O–H groups in total. The third kappa shape index (κ3) is 3.75. The van der Waals surface area contributed by atoms with E-state index in [9.17, 15) is 9.59 Å². The lowest BCUT2D eigenvalue weighted by atomic mass is 9.63. The molecule has 1 spiro atoms. The van der Waals surface area contributed by atoms with E-state index < -0.39 is 28.8 Å². The van der Waals surface area contributed by atoms with Gasteiger partial charge in [0, 0.05) is 22.4 Å². The zero-order valence-electron chi connectivity index (χ0n) is 25.1. The second-order valence-electron chi connectivity index (χ2n) is 12.6. The molecule has 0 aromatic heterocycles. The maximum absolute atomic E-state index is 15.1. The highest BCUT2D eigenvalue weighted by atomic mass is 16.5. The Bertz CT molecular complexity index is 1680. The molecule has 7 heteroatoms. The lowest BCUT2D eigenvalue weighted by molar-refractivity contribution is -0.128. The van der Waals surface area contributed by atoms with Crippen LogP contribution in [-0.4, -0.2) is 43.8 Å². The van der Waals surface area contributed by atoms with Crippen LogP contribution in [0, 0.1) is 18.3 Å². The van der Waals surface area contributed by atoms with Crippen molar-refractivity contribution in [3.8, 4) is 11.5 Å². The number of hydrogen-bond donors (Lipinski definition) is 1. The molecule has 7 nitrogen and oxygen atoms in total. The third-order valence-corrected chi connectivity index (χ3v) is 9.09. The van der Waals surface area contributed by atoms with E-state index >= 15 is 4.79 Å². The fourth-order valence-electron chi connectivity index (χ4n) is 7.16. The Labute approximate surface area is 246 Å². The number of carbonyl (C=O) groups is 3. The maximum Gasteiger partial charge on any atom is 0.238 e. The highest BCUT2D eigenvalue weighted by Crippen LogP contribution is 2.59. The van der Waals surface area contributed by atoms with E-state index in [2.05, 4.69) is 17.5 Å². The van der Waals surface area contributed by atoms with E-state index in [1.165, 1.54) is 14.2 Å². The van der Waals surface area contributed by atoms with Gasteiger partial charge in [-0.1, -0.05) is 56.7 Å². The largest absolute Gasteiger partial charge is 0.497 e. The summed E-state index contributed by atoms with van der Waals surface area (Å²) in [7, 11) is 3.04. The molecule has 0 aliphatic carbocycles. The molecule has 216 valence electrons. The molecule has 3 aliphatic heterocycles. The molecule has 1 fully saturated rings. The van der Waals surface area contributed by atoms with Crippen molar-refractivity contribution in [3.63, 3.8) is 0 Å². The summed E-state index contributed by atoms with van der Waals surface area (Å²) < 4.78 is 11.1. The number of Topliss-reactive ketones (excluding diaryl/α,β-unsaturated/α-hetero) is 2. The summed E-state index contributed by atoms with van der Waals surface area (Å²) in [5, 5.41) is 3.08. The SMILES string of the molecule is COc1ccc(OC)c(C(=O)[C@@H]2[C@H](C(=O)C(C)(C)C)N3c4ccc(C)cc4C(C)=C[C@H]3[C@]23C(=O)Nc2ccccc23)c1. The van der Waals surface area contributed by atoms with Crippen molar-refractivity contribution < 1.29 is 23.9 Å². The Balaban J connectivity index is 1.72. The van der Waals surface area contributed by atoms with Crippen molar-refractivity contribution in [3.05, 3.63) is 89.0 Å². The monoisotopic (exact) mass is 564 g/mol. The standard InChI is InChI=1S/C35H36N2O5/c1-19-12-14-26-22(16-19)20(2)17-28-35(24-10-8-9-11-25(24)36-33(35)40)29(30(37(26)28)32(39)34(3,4)5)31(38)23-18-21(41-6)13-15-27(23)42-7/h8-18,28-30H,1-7H3,(H,36,40)/t28-,29-,30+,35-/m0/s1. The predicted octanol–water partition coefficient (Wildman–Crippen LogP) is 5.99. The fourth-order valence-corrected chi connectivity index (χ4v) is 7.16. The van der Waals surface area contributed by atoms with Crippen LogP contribution in [0.2, 0.25) is 0 Å². The second kappa shape index (κ2) is 9.58. The number of amides is 1. The minimum Gasteiger partial charge on any atom is -0.497 e.